The SMILES string of the molecule is Cn1cc(CNc2ccc3c(c2)OCO3)cc1C#N. The Morgan fingerprint density at radius 1 is 1.32 bits per heavy atom. The van der Waals surface area contributed by atoms with Gasteiger partial charge in [0.1, 0.15) is 11.8 Å². The molecule has 96 valence electrons. The number of hydrogen-bond donors (Lipinski definition) is 1. The Labute approximate surface area is 111 Å². The highest BCUT2D eigenvalue weighted by Gasteiger charge is 2.13. The van der Waals surface area contributed by atoms with E-state index in [0.717, 1.165) is 22.7 Å². The topological polar surface area (TPSA) is 59.2 Å². The van der Waals surface area contributed by atoms with Crippen molar-refractivity contribution in [3.8, 4) is 17.6 Å². The fourth-order valence-corrected chi connectivity index (χ4v) is 2.05. The summed E-state index contributed by atoms with van der Waals surface area (Å²) in [6, 6.07) is 9.77. The van der Waals surface area contributed by atoms with E-state index in [1.54, 1.807) is 0 Å². The minimum absolute atomic E-state index is 0.281. The average Bonchev–Trinajstić information content (AvgIpc) is 3.01. The lowest BCUT2D eigenvalue weighted by atomic mass is 10.2. The summed E-state index contributed by atoms with van der Waals surface area (Å²) >= 11 is 0. The highest BCUT2D eigenvalue weighted by Crippen LogP contribution is 2.34. The molecule has 0 radical (unpaired) electrons. The fraction of sp³-hybridized carbons (Fsp3) is 0.214. The number of nitriles is 1. The van der Waals surface area contributed by atoms with E-state index in [1.807, 2.05) is 42.1 Å². The van der Waals surface area contributed by atoms with Crippen molar-refractivity contribution in [2.24, 2.45) is 7.05 Å². The highest BCUT2D eigenvalue weighted by molar-refractivity contribution is 5.55. The number of anilines is 1. The van der Waals surface area contributed by atoms with Crippen LogP contribution in [0.2, 0.25) is 0 Å². The Hall–Kier alpha value is -2.61. The molecule has 0 bridgehead atoms. The zero-order chi connectivity index (χ0) is 13.2. The number of aromatic nitrogens is 1. The van der Waals surface area contributed by atoms with Gasteiger partial charge in [0.25, 0.3) is 0 Å². The number of nitrogens with one attached hydrogen (secondary N) is 1. The summed E-state index contributed by atoms with van der Waals surface area (Å²) < 4.78 is 12.4. The van der Waals surface area contributed by atoms with E-state index in [4.69, 9.17) is 14.7 Å². The van der Waals surface area contributed by atoms with Gasteiger partial charge in [0.2, 0.25) is 6.79 Å². The van der Waals surface area contributed by atoms with Crippen molar-refractivity contribution in [1.29, 1.82) is 5.26 Å². The summed E-state index contributed by atoms with van der Waals surface area (Å²) in [7, 11) is 1.86. The molecule has 0 amide bonds. The maximum Gasteiger partial charge on any atom is 0.231 e. The molecule has 1 aromatic carbocycles. The zero-order valence-corrected chi connectivity index (χ0v) is 10.5. The maximum atomic E-state index is 8.90. The number of aryl methyl sites for hydroxylation is 1. The Morgan fingerprint density at radius 3 is 2.95 bits per heavy atom. The number of benzene rings is 1. The van der Waals surface area contributed by atoms with E-state index in [9.17, 15) is 0 Å². The molecule has 0 atom stereocenters. The summed E-state index contributed by atoms with van der Waals surface area (Å²) in [5.41, 5.74) is 2.69. The van der Waals surface area contributed by atoms with Crippen molar-refractivity contribution < 1.29 is 9.47 Å². The second-order valence-electron chi connectivity index (χ2n) is 4.38. The number of nitrogens with zero attached hydrogens (tertiary/aromatic N) is 2. The van der Waals surface area contributed by atoms with Crippen molar-refractivity contribution >= 4 is 5.69 Å². The number of rotatable bonds is 3. The second-order valence-corrected chi connectivity index (χ2v) is 4.38. The maximum absolute atomic E-state index is 8.90. The van der Waals surface area contributed by atoms with Crippen LogP contribution < -0.4 is 14.8 Å². The van der Waals surface area contributed by atoms with Gasteiger partial charge in [-0.2, -0.15) is 5.26 Å². The average molecular weight is 255 g/mol. The Balaban J connectivity index is 1.70. The fourth-order valence-electron chi connectivity index (χ4n) is 2.05. The summed E-state index contributed by atoms with van der Waals surface area (Å²) in [6.45, 7) is 0.943. The van der Waals surface area contributed by atoms with Crippen LogP contribution in [0.3, 0.4) is 0 Å². The smallest absolute Gasteiger partial charge is 0.231 e. The van der Waals surface area contributed by atoms with Crippen LogP contribution in [0.25, 0.3) is 0 Å². The normalized spacial score (nSPS) is 12.2. The number of hydrogen-bond acceptors (Lipinski definition) is 4. The van der Waals surface area contributed by atoms with Gasteiger partial charge in [-0.3, -0.25) is 0 Å². The van der Waals surface area contributed by atoms with Gasteiger partial charge >= 0.3 is 0 Å². The predicted molar refractivity (Wildman–Crippen MR) is 70.0 cm³/mol. The van der Waals surface area contributed by atoms with Gasteiger partial charge in [-0.05, 0) is 23.8 Å². The lowest BCUT2D eigenvalue weighted by Gasteiger charge is -2.05. The molecule has 5 nitrogen and oxygen atoms in total. The van der Waals surface area contributed by atoms with Gasteiger partial charge < -0.3 is 19.4 Å². The molecule has 1 aliphatic rings. The monoisotopic (exact) mass is 255 g/mol. The molecule has 0 aliphatic carbocycles. The molecule has 2 heterocycles. The Kier molecular flexibility index (Phi) is 2.76. The standard InChI is InChI=1S/C14H13N3O2/c1-17-8-10(4-12(17)6-15)7-16-11-2-3-13-14(5-11)19-9-18-13/h2-5,8,16H,7,9H2,1H3. The number of ether oxygens (including phenoxy) is 2. The van der Waals surface area contributed by atoms with Crippen molar-refractivity contribution in [3.63, 3.8) is 0 Å². The van der Waals surface area contributed by atoms with Crippen LogP contribution in [0, 0.1) is 11.3 Å². The van der Waals surface area contributed by atoms with E-state index in [2.05, 4.69) is 11.4 Å². The van der Waals surface area contributed by atoms with Crippen molar-refractivity contribution in [2.45, 2.75) is 6.54 Å². The molecule has 2 aromatic rings. The summed E-state index contributed by atoms with van der Waals surface area (Å²) in [5, 5.41) is 12.2. The molecular weight excluding hydrogens is 242 g/mol. The summed E-state index contributed by atoms with van der Waals surface area (Å²) in [6.07, 6.45) is 1.94. The third-order valence-electron chi connectivity index (χ3n) is 3.05. The quantitative estimate of drug-likeness (QED) is 0.913. The van der Waals surface area contributed by atoms with Crippen LogP contribution >= 0.6 is 0 Å². The molecule has 0 saturated heterocycles. The lowest BCUT2D eigenvalue weighted by Crippen LogP contribution is -1.98. The van der Waals surface area contributed by atoms with E-state index in [-0.39, 0.29) is 6.79 Å². The molecule has 0 fully saturated rings. The van der Waals surface area contributed by atoms with E-state index in [0.29, 0.717) is 12.2 Å². The Morgan fingerprint density at radius 2 is 2.16 bits per heavy atom. The first kappa shape index (κ1) is 11.5. The zero-order valence-electron chi connectivity index (χ0n) is 10.5. The second kappa shape index (κ2) is 4.58. The van der Waals surface area contributed by atoms with Crippen LogP contribution in [-0.2, 0) is 13.6 Å². The molecule has 5 heteroatoms. The molecule has 3 rings (SSSR count). The first-order valence-corrected chi connectivity index (χ1v) is 5.95. The van der Waals surface area contributed by atoms with Crippen molar-refractivity contribution in [2.75, 3.05) is 12.1 Å². The van der Waals surface area contributed by atoms with Crippen LogP contribution in [0.15, 0.2) is 30.5 Å². The van der Waals surface area contributed by atoms with Gasteiger partial charge in [0, 0.05) is 31.5 Å². The molecule has 1 aromatic heterocycles. The molecule has 0 unspecified atom stereocenters. The molecule has 1 N–H and O–H groups in total. The summed E-state index contributed by atoms with van der Waals surface area (Å²) in [4.78, 5) is 0. The van der Waals surface area contributed by atoms with E-state index >= 15 is 0 Å². The van der Waals surface area contributed by atoms with Gasteiger partial charge in [0.05, 0.1) is 0 Å². The van der Waals surface area contributed by atoms with Gasteiger partial charge in [-0.15, -0.1) is 0 Å². The minimum atomic E-state index is 0.281. The highest BCUT2D eigenvalue weighted by atomic mass is 16.7. The molecule has 19 heavy (non-hydrogen) atoms. The van der Waals surface area contributed by atoms with Crippen LogP contribution in [0.1, 0.15) is 11.3 Å². The lowest BCUT2D eigenvalue weighted by molar-refractivity contribution is 0.174. The van der Waals surface area contributed by atoms with Crippen LogP contribution in [0.5, 0.6) is 11.5 Å². The molecule has 0 spiro atoms. The predicted octanol–water partition coefficient (Wildman–Crippen LogP) is 2.24. The van der Waals surface area contributed by atoms with E-state index in [1.165, 1.54) is 0 Å². The molecular formula is C14H13N3O2. The van der Waals surface area contributed by atoms with Crippen LogP contribution in [0.4, 0.5) is 5.69 Å². The molecule has 1 aliphatic heterocycles. The number of fused-ring (bicyclic) bond motifs is 1. The minimum Gasteiger partial charge on any atom is -0.454 e. The third-order valence-corrected chi connectivity index (χ3v) is 3.05. The van der Waals surface area contributed by atoms with Crippen molar-refractivity contribution in [1.82, 2.24) is 4.57 Å². The van der Waals surface area contributed by atoms with Crippen LogP contribution in [-0.4, -0.2) is 11.4 Å². The van der Waals surface area contributed by atoms with Crippen molar-refractivity contribution in [3.05, 3.63) is 41.7 Å². The van der Waals surface area contributed by atoms with Gasteiger partial charge in [-0.1, -0.05) is 0 Å². The van der Waals surface area contributed by atoms with Gasteiger partial charge in [-0.25, -0.2) is 0 Å². The first-order valence-electron chi connectivity index (χ1n) is 5.95. The van der Waals surface area contributed by atoms with E-state index < -0.39 is 0 Å². The largest absolute Gasteiger partial charge is 0.454 e. The Bertz CT molecular complexity index is 655. The third kappa shape index (κ3) is 2.20. The first-order chi connectivity index (χ1) is 9.26. The van der Waals surface area contributed by atoms with Gasteiger partial charge in [0.15, 0.2) is 11.5 Å². The summed E-state index contributed by atoms with van der Waals surface area (Å²) in [5.74, 6) is 1.54. The molecule has 0 saturated carbocycles.